The van der Waals surface area contributed by atoms with Crippen LogP contribution in [0.25, 0.3) is 0 Å². The van der Waals surface area contributed by atoms with Crippen LogP contribution in [0.2, 0.25) is 0 Å². The van der Waals surface area contributed by atoms with Crippen LogP contribution in [0.5, 0.6) is 0 Å². The Morgan fingerprint density at radius 1 is 0.553 bits per heavy atom. The monoisotopic (exact) mass is 1220 g/mol. The van der Waals surface area contributed by atoms with Crippen molar-refractivity contribution in [1.82, 2.24) is 0 Å². The SMILES string of the molecule is C[C@H]1[C@H](C)CC[C@]2(C(=O)O[C@@H]3O[C@H](CO[C@@H]4O[C@H](CO)[C@@H](O)[C@H](O)[C@H]4O)[C@@H](O)[C@H](O)[C@H]3O[C@@H]3OC[C@@H](O)[C@H](O)[C@H]3O)CC[C@]3(C)C(=CC[C@@H]4[C@@]5(C)CC[C@H](O[C@@H]6O[C@H](CO)[C@@H](O)[C@H](O)[C@H]6O[C@@H]6O[C@@H](C)[C@H](O)[C@@H](O)[C@H]6O)C(C)(C)[C@@H]5CC[C@]43C)[C@H]12. The van der Waals surface area contributed by atoms with E-state index in [1.54, 1.807) is 0 Å². The van der Waals surface area contributed by atoms with Crippen LogP contribution in [0.4, 0.5) is 0 Å². The van der Waals surface area contributed by atoms with E-state index in [1.165, 1.54) is 12.5 Å². The van der Waals surface area contributed by atoms with Crippen molar-refractivity contribution in [3.8, 4) is 0 Å². The van der Waals surface area contributed by atoms with Gasteiger partial charge < -0.3 is 124 Å². The second-order valence-corrected chi connectivity index (χ2v) is 28.1. The Kier molecular flexibility index (Phi) is 19.2. The predicted octanol–water partition coefficient (Wildman–Crippen LogP) is -2.69. The number of aliphatic hydroxyl groups is 15. The highest BCUT2D eigenvalue weighted by molar-refractivity contribution is 5.79. The summed E-state index contributed by atoms with van der Waals surface area (Å²) in [6.07, 6.45) is -30.9. The first-order chi connectivity index (χ1) is 39.9. The molecule has 85 heavy (non-hydrogen) atoms. The molecule has 5 aliphatic carbocycles. The summed E-state index contributed by atoms with van der Waals surface area (Å²) in [6, 6.07) is 0. The van der Waals surface area contributed by atoms with Gasteiger partial charge in [0.15, 0.2) is 31.3 Å². The summed E-state index contributed by atoms with van der Waals surface area (Å²) >= 11 is 0. The van der Waals surface area contributed by atoms with Gasteiger partial charge in [0.05, 0.1) is 44.1 Å². The van der Waals surface area contributed by atoms with E-state index in [2.05, 4.69) is 54.5 Å². The van der Waals surface area contributed by atoms with Gasteiger partial charge in [0, 0.05) is 0 Å². The van der Waals surface area contributed by atoms with Crippen LogP contribution in [-0.4, -0.2) is 263 Å². The molecule has 0 amide bonds. The van der Waals surface area contributed by atoms with E-state index in [0.29, 0.717) is 38.5 Å². The molecule has 10 aliphatic rings. The molecule has 488 valence electrons. The number of hydrogen-bond acceptors (Lipinski definition) is 26. The maximum atomic E-state index is 15.7. The molecular formula is C59H96O26. The van der Waals surface area contributed by atoms with Gasteiger partial charge in [-0.25, -0.2) is 0 Å². The zero-order valence-corrected chi connectivity index (χ0v) is 49.8. The zero-order chi connectivity index (χ0) is 61.9. The average Bonchev–Trinajstić information content (AvgIpc) is 0.691. The maximum absolute atomic E-state index is 15.7. The van der Waals surface area contributed by atoms with Crippen molar-refractivity contribution in [2.45, 2.75) is 267 Å². The summed E-state index contributed by atoms with van der Waals surface area (Å²) in [5.74, 6) is -0.547. The molecule has 0 spiro atoms. The van der Waals surface area contributed by atoms with Crippen LogP contribution >= 0.6 is 0 Å². The summed E-state index contributed by atoms with van der Waals surface area (Å²) in [5, 5.41) is 161. The molecule has 10 rings (SSSR count). The highest BCUT2D eigenvalue weighted by Gasteiger charge is 2.71. The molecule has 5 heterocycles. The third-order valence-corrected chi connectivity index (χ3v) is 23.4. The lowest BCUT2D eigenvalue weighted by molar-refractivity contribution is -0.376. The molecule has 4 saturated carbocycles. The molecule has 0 aromatic heterocycles. The van der Waals surface area contributed by atoms with Gasteiger partial charge in [0.2, 0.25) is 6.29 Å². The lowest BCUT2D eigenvalue weighted by Crippen LogP contribution is -2.67. The first-order valence-corrected chi connectivity index (χ1v) is 30.7. The zero-order valence-electron chi connectivity index (χ0n) is 49.8. The van der Waals surface area contributed by atoms with E-state index in [-0.39, 0.29) is 40.4 Å². The topological polar surface area (TPSA) is 413 Å². The third-order valence-electron chi connectivity index (χ3n) is 23.4. The van der Waals surface area contributed by atoms with Gasteiger partial charge in [-0.15, -0.1) is 0 Å². The Bertz CT molecular complexity index is 2350. The molecule has 0 aromatic carbocycles. The Labute approximate surface area is 494 Å². The highest BCUT2D eigenvalue weighted by Crippen LogP contribution is 2.76. The van der Waals surface area contributed by atoms with E-state index in [9.17, 15) is 76.6 Å². The number of hydrogen-bond donors (Lipinski definition) is 15. The molecule has 34 atom stereocenters. The Hall–Kier alpha value is -1.75. The number of aliphatic hydroxyl groups excluding tert-OH is 15. The quantitative estimate of drug-likeness (QED) is 0.0507. The predicted molar refractivity (Wildman–Crippen MR) is 288 cm³/mol. The van der Waals surface area contributed by atoms with Crippen LogP contribution in [0.1, 0.15) is 113 Å². The van der Waals surface area contributed by atoms with Crippen molar-refractivity contribution in [3.05, 3.63) is 11.6 Å². The van der Waals surface area contributed by atoms with Gasteiger partial charge in [-0.05, 0) is 116 Å². The fourth-order valence-corrected chi connectivity index (χ4v) is 17.8. The molecule has 5 saturated heterocycles. The van der Waals surface area contributed by atoms with Crippen molar-refractivity contribution < 1.29 is 129 Å². The van der Waals surface area contributed by atoms with Crippen LogP contribution in [0.3, 0.4) is 0 Å². The number of esters is 1. The van der Waals surface area contributed by atoms with E-state index >= 15 is 4.79 Å². The van der Waals surface area contributed by atoms with Crippen molar-refractivity contribution in [1.29, 1.82) is 0 Å². The van der Waals surface area contributed by atoms with Crippen molar-refractivity contribution >= 4 is 5.97 Å². The molecule has 9 fully saturated rings. The number of ether oxygens (including phenoxy) is 10. The normalized spacial score (nSPS) is 55.3. The molecule has 0 radical (unpaired) electrons. The molecular weight excluding hydrogens is 1120 g/mol. The van der Waals surface area contributed by atoms with E-state index in [0.717, 1.165) is 19.3 Å². The lowest BCUT2D eigenvalue weighted by atomic mass is 9.33. The Morgan fingerprint density at radius 2 is 1.13 bits per heavy atom. The van der Waals surface area contributed by atoms with Gasteiger partial charge in [-0.1, -0.05) is 60.1 Å². The summed E-state index contributed by atoms with van der Waals surface area (Å²) in [7, 11) is 0. The second-order valence-electron chi connectivity index (χ2n) is 28.1. The number of fused-ring (bicyclic) bond motifs is 7. The average molecular weight is 1220 g/mol. The van der Waals surface area contributed by atoms with E-state index in [4.69, 9.17) is 47.4 Å². The third kappa shape index (κ3) is 11.0. The molecule has 5 aliphatic heterocycles. The van der Waals surface area contributed by atoms with Crippen LogP contribution in [0.15, 0.2) is 11.6 Å². The standard InChI is InChI=1S/C59H96O26/c1-23-11-16-59(54(75)85-53-48(83-50-44(72)36(64)27(62)21-76-50)43(71)39(67)30(81-53)22-77-49-45(73)41(69)37(65)28(19-60)79-49)18-17-57(7)26(34(59)24(23)2)9-10-32-56(6)14-13-33(55(4,5)31(56)12-15-58(32,57)8)82-52-47(42(70)38(66)29(20-61)80-52)84-51-46(74)40(68)35(63)25(3)78-51/h9,23-25,27-53,60-74H,10-22H2,1-8H3/t23-,24+,25+,27-,28-,29-,30-,31+,32-,33+,34+,35+,36+,37-,38-,39-,40-,41+,42+,43+,44-,45-,46-,47-,48-,49-,50+,51+,52+,53+,56+,57-,58-,59+/m1/s1. The van der Waals surface area contributed by atoms with Gasteiger partial charge in [-0.3, -0.25) is 4.79 Å². The maximum Gasteiger partial charge on any atom is 0.315 e. The number of allylic oxidation sites excluding steroid dienone is 2. The number of rotatable bonds is 13. The molecule has 26 nitrogen and oxygen atoms in total. The fraction of sp³-hybridized carbons (Fsp3) is 0.949. The molecule has 26 heteroatoms. The summed E-state index contributed by atoms with van der Waals surface area (Å²) < 4.78 is 60.4. The van der Waals surface area contributed by atoms with Gasteiger partial charge in [-0.2, -0.15) is 0 Å². The minimum absolute atomic E-state index is 0.0243. The van der Waals surface area contributed by atoms with Crippen LogP contribution < -0.4 is 0 Å². The first kappa shape index (κ1) is 66.2. The smallest absolute Gasteiger partial charge is 0.315 e. The van der Waals surface area contributed by atoms with E-state index < -0.39 is 202 Å². The van der Waals surface area contributed by atoms with Gasteiger partial charge in [0.25, 0.3) is 0 Å². The van der Waals surface area contributed by atoms with E-state index in [1.807, 2.05) is 0 Å². The van der Waals surface area contributed by atoms with Crippen molar-refractivity contribution in [2.24, 2.45) is 56.7 Å². The lowest BCUT2D eigenvalue weighted by Gasteiger charge is -2.71. The summed E-state index contributed by atoms with van der Waals surface area (Å²) in [5.41, 5.74) is -1.41. The van der Waals surface area contributed by atoms with Crippen molar-refractivity contribution in [3.63, 3.8) is 0 Å². The second kappa shape index (κ2) is 24.7. The fourth-order valence-electron chi connectivity index (χ4n) is 17.8. The minimum Gasteiger partial charge on any atom is -0.432 e. The van der Waals surface area contributed by atoms with Gasteiger partial charge in [0.1, 0.15) is 104 Å². The number of carbonyl (C=O) groups is 1. The van der Waals surface area contributed by atoms with Crippen LogP contribution in [-0.2, 0) is 52.2 Å². The Morgan fingerprint density at radius 3 is 1.80 bits per heavy atom. The Balaban J connectivity index is 0.903. The highest BCUT2D eigenvalue weighted by atomic mass is 16.8. The molecule has 15 N–H and O–H groups in total. The minimum atomic E-state index is -1.94. The van der Waals surface area contributed by atoms with Crippen molar-refractivity contribution in [2.75, 3.05) is 26.4 Å². The number of carbonyl (C=O) groups excluding carboxylic acids is 1. The van der Waals surface area contributed by atoms with Crippen LogP contribution in [0, 0.1) is 56.7 Å². The summed E-state index contributed by atoms with van der Waals surface area (Å²) in [6.45, 7) is 14.8. The molecule has 0 bridgehead atoms. The molecule has 0 unspecified atom stereocenters. The molecule has 0 aromatic rings. The summed E-state index contributed by atoms with van der Waals surface area (Å²) in [4.78, 5) is 15.7. The largest absolute Gasteiger partial charge is 0.432 e. The first-order valence-electron chi connectivity index (χ1n) is 30.7. The van der Waals surface area contributed by atoms with Gasteiger partial charge >= 0.3 is 5.97 Å².